The fourth-order valence-corrected chi connectivity index (χ4v) is 3.09. The van der Waals surface area contributed by atoms with E-state index in [9.17, 15) is 14.4 Å². The standard InChI is InChI=1S/C24H26N4O4/c1-3-28(4-2)24(31)17-10-12-18(13-11-17)25-16-22(29)26-19-7-5-8-20(15-19)27-23(30)21-9-6-14-32-21/h5-15,25H,3-4,16H2,1-2H3,(H,26,29)(H,27,30). The van der Waals surface area contributed by atoms with Gasteiger partial charge in [-0.3, -0.25) is 14.4 Å². The molecule has 1 aromatic heterocycles. The van der Waals surface area contributed by atoms with Crippen LogP contribution >= 0.6 is 0 Å². The molecule has 0 fully saturated rings. The third-order valence-corrected chi connectivity index (χ3v) is 4.78. The Bertz CT molecular complexity index is 1060. The average molecular weight is 434 g/mol. The Balaban J connectivity index is 1.52. The first-order valence-corrected chi connectivity index (χ1v) is 10.4. The Hall–Kier alpha value is -4.07. The molecule has 8 nitrogen and oxygen atoms in total. The lowest BCUT2D eigenvalue weighted by atomic mass is 10.1. The van der Waals surface area contributed by atoms with E-state index in [1.807, 2.05) is 13.8 Å². The van der Waals surface area contributed by atoms with Gasteiger partial charge in [0, 0.05) is 35.7 Å². The molecular formula is C24H26N4O4. The topological polar surface area (TPSA) is 104 Å². The fraction of sp³-hybridized carbons (Fsp3) is 0.208. The van der Waals surface area contributed by atoms with Crippen molar-refractivity contribution in [2.75, 3.05) is 35.6 Å². The highest BCUT2D eigenvalue weighted by Gasteiger charge is 2.12. The van der Waals surface area contributed by atoms with Crippen LogP contribution in [0.1, 0.15) is 34.8 Å². The van der Waals surface area contributed by atoms with Gasteiger partial charge in [-0.2, -0.15) is 0 Å². The molecule has 3 aromatic rings. The van der Waals surface area contributed by atoms with Crippen LogP contribution in [0.25, 0.3) is 0 Å². The van der Waals surface area contributed by atoms with Crippen molar-refractivity contribution < 1.29 is 18.8 Å². The van der Waals surface area contributed by atoms with E-state index in [-0.39, 0.29) is 30.0 Å². The molecule has 8 heteroatoms. The van der Waals surface area contributed by atoms with Crippen molar-refractivity contribution in [3.63, 3.8) is 0 Å². The molecule has 0 bridgehead atoms. The van der Waals surface area contributed by atoms with Gasteiger partial charge in [0.15, 0.2) is 5.76 Å². The molecule has 0 saturated heterocycles. The minimum absolute atomic E-state index is 0.0155. The third-order valence-electron chi connectivity index (χ3n) is 4.78. The summed E-state index contributed by atoms with van der Waals surface area (Å²) in [4.78, 5) is 38.5. The molecule has 32 heavy (non-hydrogen) atoms. The maximum atomic E-state index is 12.4. The fourth-order valence-electron chi connectivity index (χ4n) is 3.09. The van der Waals surface area contributed by atoms with Gasteiger partial charge in [0.05, 0.1) is 12.8 Å². The van der Waals surface area contributed by atoms with Gasteiger partial charge in [0.1, 0.15) is 0 Å². The second kappa shape index (κ2) is 10.8. The number of anilines is 3. The summed E-state index contributed by atoms with van der Waals surface area (Å²) >= 11 is 0. The van der Waals surface area contributed by atoms with E-state index in [2.05, 4.69) is 16.0 Å². The van der Waals surface area contributed by atoms with E-state index in [4.69, 9.17) is 4.42 Å². The summed E-state index contributed by atoms with van der Waals surface area (Å²) in [5, 5.41) is 8.53. The number of rotatable bonds is 9. The predicted molar refractivity (Wildman–Crippen MR) is 124 cm³/mol. The maximum Gasteiger partial charge on any atom is 0.291 e. The van der Waals surface area contributed by atoms with Crippen LogP contribution in [0.4, 0.5) is 17.1 Å². The highest BCUT2D eigenvalue weighted by molar-refractivity contribution is 6.03. The van der Waals surface area contributed by atoms with E-state index < -0.39 is 0 Å². The summed E-state index contributed by atoms with van der Waals surface area (Å²) in [6.45, 7) is 5.25. The number of furan rings is 1. The van der Waals surface area contributed by atoms with Crippen LogP contribution in [0, 0.1) is 0 Å². The first-order valence-electron chi connectivity index (χ1n) is 10.4. The quantitative estimate of drug-likeness (QED) is 0.471. The Morgan fingerprint density at radius 1 is 0.844 bits per heavy atom. The molecule has 0 saturated carbocycles. The molecule has 0 aliphatic rings. The molecule has 2 aromatic carbocycles. The lowest BCUT2D eigenvalue weighted by Crippen LogP contribution is -2.30. The highest BCUT2D eigenvalue weighted by Crippen LogP contribution is 2.17. The number of carbonyl (C=O) groups is 3. The van der Waals surface area contributed by atoms with Gasteiger partial charge in [-0.15, -0.1) is 0 Å². The second-order valence-electron chi connectivity index (χ2n) is 6.97. The Morgan fingerprint density at radius 2 is 1.53 bits per heavy atom. The van der Waals surface area contributed by atoms with Crippen LogP contribution in [0.15, 0.2) is 71.3 Å². The van der Waals surface area contributed by atoms with Crippen molar-refractivity contribution >= 4 is 34.8 Å². The van der Waals surface area contributed by atoms with Gasteiger partial charge in [-0.25, -0.2) is 0 Å². The van der Waals surface area contributed by atoms with E-state index >= 15 is 0 Å². The Kier molecular flexibility index (Phi) is 7.64. The smallest absolute Gasteiger partial charge is 0.291 e. The van der Waals surface area contributed by atoms with Crippen LogP contribution in [-0.2, 0) is 4.79 Å². The first kappa shape index (κ1) is 22.6. The number of benzene rings is 2. The number of nitrogens with zero attached hydrogens (tertiary/aromatic N) is 1. The molecule has 0 atom stereocenters. The van der Waals surface area contributed by atoms with E-state index in [0.29, 0.717) is 30.0 Å². The summed E-state index contributed by atoms with van der Waals surface area (Å²) in [6, 6.07) is 17.1. The van der Waals surface area contributed by atoms with Crippen molar-refractivity contribution in [3.05, 3.63) is 78.3 Å². The molecule has 0 aliphatic heterocycles. The monoisotopic (exact) mass is 434 g/mol. The molecule has 0 aliphatic carbocycles. The Labute approximate surface area is 186 Å². The van der Waals surface area contributed by atoms with E-state index in [1.165, 1.54) is 6.26 Å². The van der Waals surface area contributed by atoms with Crippen LogP contribution in [-0.4, -0.2) is 42.3 Å². The molecule has 1 heterocycles. The van der Waals surface area contributed by atoms with Crippen molar-refractivity contribution in [1.29, 1.82) is 0 Å². The Morgan fingerprint density at radius 3 is 2.16 bits per heavy atom. The zero-order chi connectivity index (χ0) is 22.9. The van der Waals surface area contributed by atoms with Gasteiger partial charge in [-0.05, 0) is 68.4 Å². The normalized spacial score (nSPS) is 10.3. The average Bonchev–Trinajstić information content (AvgIpc) is 3.34. The van der Waals surface area contributed by atoms with E-state index in [0.717, 1.165) is 5.69 Å². The molecule has 166 valence electrons. The van der Waals surface area contributed by atoms with Gasteiger partial charge in [0.2, 0.25) is 5.91 Å². The molecule has 0 unspecified atom stereocenters. The summed E-state index contributed by atoms with van der Waals surface area (Å²) in [6.07, 6.45) is 1.43. The zero-order valence-corrected chi connectivity index (χ0v) is 18.1. The van der Waals surface area contributed by atoms with Crippen LogP contribution in [0.3, 0.4) is 0 Å². The molecule has 3 rings (SSSR count). The van der Waals surface area contributed by atoms with Crippen molar-refractivity contribution in [2.45, 2.75) is 13.8 Å². The number of carbonyl (C=O) groups excluding carboxylic acids is 3. The minimum atomic E-state index is -0.372. The van der Waals surface area contributed by atoms with Crippen molar-refractivity contribution in [3.8, 4) is 0 Å². The molecule has 3 amide bonds. The molecule has 3 N–H and O–H groups in total. The maximum absolute atomic E-state index is 12.4. The van der Waals surface area contributed by atoms with Crippen molar-refractivity contribution in [1.82, 2.24) is 4.90 Å². The van der Waals surface area contributed by atoms with Gasteiger partial charge >= 0.3 is 0 Å². The van der Waals surface area contributed by atoms with Crippen molar-refractivity contribution in [2.24, 2.45) is 0 Å². The number of hydrogen-bond donors (Lipinski definition) is 3. The minimum Gasteiger partial charge on any atom is -0.459 e. The van der Waals surface area contributed by atoms with E-state index in [1.54, 1.807) is 65.6 Å². The molecule has 0 radical (unpaired) electrons. The second-order valence-corrected chi connectivity index (χ2v) is 6.97. The van der Waals surface area contributed by atoms with Crippen LogP contribution in [0.5, 0.6) is 0 Å². The molecule has 0 spiro atoms. The summed E-state index contributed by atoms with van der Waals surface area (Å²) in [5.41, 5.74) is 2.42. The number of hydrogen-bond acceptors (Lipinski definition) is 5. The lowest BCUT2D eigenvalue weighted by Gasteiger charge is -2.18. The first-order chi connectivity index (χ1) is 15.5. The van der Waals surface area contributed by atoms with Gasteiger partial charge in [-0.1, -0.05) is 6.07 Å². The molecular weight excluding hydrogens is 408 g/mol. The van der Waals surface area contributed by atoms with Crippen LogP contribution < -0.4 is 16.0 Å². The highest BCUT2D eigenvalue weighted by atomic mass is 16.3. The number of nitrogens with one attached hydrogen (secondary N) is 3. The summed E-state index contributed by atoms with van der Waals surface area (Å²) in [7, 11) is 0. The largest absolute Gasteiger partial charge is 0.459 e. The van der Waals surface area contributed by atoms with Gasteiger partial charge < -0.3 is 25.3 Å². The number of amides is 3. The SMILES string of the molecule is CCN(CC)C(=O)c1ccc(NCC(=O)Nc2cccc(NC(=O)c3ccco3)c2)cc1. The van der Waals surface area contributed by atoms with Crippen LogP contribution in [0.2, 0.25) is 0 Å². The lowest BCUT2D eigenvalue weighted by molar-refractivity contribution is -0.114. The summed E-state index contributed by atoms with van der Waals surface area (Å²) in [5.74, 6) is -0.433. The predicted octanol–water partition coefficient (Wildman–Crippen LogP) is 4.06. The summed E-state index contributed by atoms with van der Waals surface area (Å²) < 4.78 is 5.07. The zero-order valence-electron chi connectivity index (χ0n) is 18.1. The van der Waals surface area contributed by atoms with Gasteiger partial charge in [0.25, 0.3) is 11.8 Å². The third kappa shape index (κ3) is 5.98.